The average molecular weight is 382 g/mol. The highest BCUT2D eigenvalue weighted by molar-refractivity contribution is 5.83. The highest BCUT2D eigenvalue weighted by Crippen LogP contribution is 2.38. The maximum atomic E-state index is 14.4. The van der Waals surface area contributed by atoms with Gasteiger partial charge in [-0.15, -0.1) is 0 Å². The van der Waals surface area contributed by atoms with Crippen molar-refractivity contribution in [3.05, 3.63) is 35.9 Å². The number of hydrogen-bond acceptors (Lipinski definition) is 8. The molecule has 1 unspecified atom stereocenters. The molecular formula is C16H17F3N6O2. The van der Waals surface area contributed by atoms with Crippen molar-refractivity contribution >= 4 is 23.2 Å². The molecule has 5 N–H and O–H groups in total. The summed E-state index contributed by atoms with van der Waals surface area (Å²) in [5, 5.41) is 2.85. The van der Waals surface area contributed by atoms with Crippen LogP contribution in [0.2, 0.25) is 0 Å². The fraction of sp³-hybridized carbons (Fsp3) is 0.312. The van der Waals surface area contributed by atoms with E-state index in [1.54, 1.807) is 0 Å². The largest absolute Gasteiger partial charge is 0.490 e. The van der Waals surface area contributed by atoms with Crippen LogP contribution in [-0.2, 0) is 10.3 Å². The second-order valence-electron chi connectivity index (χ2n) is 5.78. The molecule has 0 aliphatic carbocycles. The van der Waals surface area contributed by atoms with E-state index in [2.05, 4.69) is 20.3 Å². The van der Waals surface area contributed by atoms with Crippen LogP contribution >= 0.6 is 0 Å². The molecule has 144 valence electrons. The maximum Gasteiger partial charge on any atom is 0.269 e. The van der Waals surface area contributed by atoms with Crippen LogP contribution in [0.25, 0.3) is 0 Å². The number of nitrogens with zero attached hydrogens (tertiary/aromatic N) is 3. The van der Waals surface area contributed by atoms with Crippen LogP contribution in [0.15, 0.2) is 29.5 Å². The molecule has 0 radical (unpaired) electrons. The summed E-state index contributed by atoms with van der Waals surface area (Å²) in [6.07, 6.45) is -1.84. The summed E-state index contributed by atoms with van der Waals surface area (Å²) >= 11 is 0. The molecule has 1 aromatic carbocycles. The van der Waals surface area contributed by atoms with Gasteiger partial charge in [-0.2, -0.15) is 0 Å². The number of methoxy groups -OCH3 is 1. The van der Waals surface area contributed by atoms with Crippen LogP contribution in [0.5, 0.6) is 5.75 Å². The number of ether oxygens (including phenoxy) is 2. The third kappa shape index (κ3) is 3.45. The number of anilines is 3. The molecule has 0 amide bonds. The zero-order valence-corrected chi connectivity index (χ0v) is 14.2. The number of halogens is 3. The van der Waals surface area contributed by atoms with Gasteiger partial charge in [-0.3, -0.25) is 4.99 Å². The Hall–Kier alpha value is -3.08. The van der Waals surface area contributed by atoms with E-state index < -0.39 is 24.4 Å². The summed E-state index contributed by atoms with van der Waals surface area (Å²) in [6, 6.07) is 3.59. The molecule has 0 saturated carbocycles. The molecule has 8 nitrogen and oxygen atoms in total. The number of alkyl halides is 2. The molecular weight excluding hydrogens is 365 g/mol. The van der Waals surface area contributed by atoms with Gasteiger partial charge in [0.25, 0.3) is 6.43 Å². The van der Waals surface area contributed by atoms with Crippen molar-refractivity contribution in [1.29, 1.82) is 0 Å². The van der Waals surface area contributed by atoms with Crippen molar-refractivity contribution < 1.29 is 22.6 Å². The highest BCUT2D eigenvalue weighted by atomic mass is 19.3. The van der Waals surface area contributed by atoms with E-state index in [1.165, 1.54) is 25.6 Å². The Kier molecular flexibility index (Phi) is 5.04. The van der Waals surface area contributed by atoms with Gasteiger partial charge in [-0.05, 0) is 18.2 Å². The Labute approximate surface area is 152 Å². The van der Waals surface area contributed by atoms with Crippen molar-refractivity contribution in [1.82, 2.24) is 9.97 Å². The van der Waals surface area contributed by atoms with Crippen molar-refractivity contribution in [2.24, 2.45) is 10.7 Å². The van der Waals surface area contributed by atoms with Crippen molar-refractivity contribution in [2.45, 2.75) is 12.0 Å². The van der Waals surface area contributed by atoms with Gasteiger partial charge in [-0.1, -0.05) is 0 Å². The number of nitrogen functional groups attached to an aromatic ring is 1. The Bertz CT molecular complexity index is 879. The van der Waals surface area contributed by atoms with E-state index in [4.69, 9.17) is 20.9 Å². The zero-order chi connectivity index (χ0) is 19.6. The third-order valence-corrected chi connectivity index (χ3v) is 4.01. The van der Waals surface area contributed by atoms with Crippen molar-refractivity contribution in [3.8, 4) is 5.75 Å². The number of nitrogens with one attached hydrogen (secondary N) is 1. The number of hydrogen-bond donors (Lipinski definition) is 3. The van der Waals surface area contributed by atoms with Gasteiger partial charge in [-0.25, -0.2) is 23.1 Å². The number of rotatable bonds is 5. The molecule has 1 atom stereocenters. The van der Waals surface area contributed by atoms with Crippen LogP contribution in [-0.4, -0.2) is 42.6 Å². The lowest BCUT2D eigenvalue weighted by atomic mass is 9.90. The normalized spacial score (nSPS) is 19.7. The Morgan fingerprint density at radius 1 is 1.30 bits per heavy atom. The first-order chi connectivity index (χ1) is 12.9. The monoisotopic (exact) mass is 382 g/mol. The fourth-order valence-corrected chi connectivity index (χ4v) is 2.75. The molecule has 0 spiro atoms. The van der Waals surface area contributed by atoms with Gasteiger partial charge < -0.3 is 26.3 Å². The predicted molar refractivity (Wildman–Crippen MR) is 92.8 cm³/mol. The summed E-state index contributed by atoms with van der Waals surface area (Å²) < 4.78 is 52.4. The smallest absolute Gasteiger partial charge is 0.269 e. The minimum atomic E-state index is -3.04. The topological polar surface area (TPSA) is 121 Å². The zero-order valence-electron chi connectivity index (χ0n) is 14.2. The lowest BCUT2D eigenvalue weighted by Gasteiger charge is -2.33. The molecule has 27 heavy (non-hydrogen) atoms. The average Bonchev–Trinajstić information content (AvgIpc) is 2.63. The van der Waals surface area contributed by atoms with E-state index >= 15 is 0 Å². The Balaban J connectivity index is 2.05. The van der Waals surface area contributed by atoms with Crippen LogP contribution in [0.3, 0.4) is 0 Å². The SMILES string of the molecule is COc1c(N)ncnc1Nc1ccc(F)c(C2(C(F)F)COCC(N)=N2)c1. The molecule has 2 heterocycles. The molecule has 0 saturated heterocycles. The number of aromatic nitrogens is 2. The molecule has 0 bridgehead atoms. The minimum absolute atomic E-state index is 0.0828. The second-order valence-corrected chi connectivity index (χ2v) is 5.78. The lowest BCUT2D eigenvalue weighted by Crippen LogP contribution is -2.45. The molecule has 11 heteroatoms. The standard InChI is InChI=1S/C16H17F3N6O2/c1-26-12-13(21)22-7-23-14(12)24-8-2-3-10(17)9(4-8)16(15(18)19)6-27-5-11(20)25-16/h2-4,7,15H,5-6H2,1H3,(H2,20,25)(H3,21,22,23,24). The van der Waals surface area contributed by atoms with Gasteiger partial charge in [0, 0.05) is 11.3 Å². The van der Waals surface area contributed by atoms with Crippen LogP contribution in [0.4, 0.5) is 30.5 Å². The van der Waals surface area contributed by atoms with Gasteiger partial charge >= 0.3 is 0 Å². The summed E-state index contributed by atoms with van der Waals surface area (Å²) in [5.41, 5.74) is 8.94. The quantitative estimate of drug-likeness (QED) is 0.721. The maximum absolute atomic E-state index is 14.4. The number of benzene rings is 1. The summed E-state index contributed by atoms with van der Waals surface area (Å²) in [6.45, 7) is -0.596. The van der Waals surface area contributed by atoms with Gasteiger partial charge in [0.15, 0.2) is 17.2 Å². The van der Waals surface area contributed by atoms with Gasteiger partial charge in [0.05, 0.1) is 13.7 Å². The van der Waals surface area contributed by atoms with Gasteiger partial charge in [0.1, 0.15) is 24.6 Å². The predicted octanol–water partition coefficient (Wildman–Crippen LogP) is 1.80. The minimum Gasteiger partial charge on any atom is -0.490 e. The van der Waals surface area contributed by atoms with Crippen molar-refractivity contribution in [3.63, 3.8) is 0 Å². The molecule has 0 fully saturated rings. The molecule has 1 aliphatic rings. The van der Waals surface area contributed by atoms with E-state index in [0.29, 0.717) is 0 Å². The summed E-state index contributed by atoms with van der Waals surface area (Å²) in [5.74, 6) is -0.562. The first-order valence-electron chi connectivity index (χ1n) is 7.79. The number of nitrogens with two attached hydrogens (primary N) is 2. The van der Waals surface area contributed by atoms with E-state index in [9.17, 15) is 13.2 Å². The molecule has 3 rings (SSSR count). The van der Waals surface area contributed by atoms with Crippen molar-refractivity contribution in [2.75, 3.05) is 31.4 Å². The number of aliphatic imine (C=N–C) groups is 1. The van der Waals surface area contributed by atoms with Crippen LogP contribution < -0.4 is 21.5 Å². The number of amidine groups is 1. The lowest BCUT2D eigenvalue weighted by molar-refractivity contribution is -0.0145. The summed E-state index contributed by atoms with van der Waals surface area (Å²) in [4.78, 5) is 11.6. The van der Waals surface area contributed by atoms with E-state index in [0.717, 1.165) is 6.07 Å². The first kappa shape index (κ1) is 18.7. The molecule has 1 aromatic heterocycles. The highest BCUT2D eigenvalue weighted by Gasteiger charge is 2.46. The van der Waals surface area contributed by atoms with E-state index in [1.807, 2.05) is 0 Å². The fourth-order valence-electron chi connectivity index (χ4n) is 2.75. The van der Waals surface area contributed by atoms with Crippen LogP contribution in [0, 0.1) is 5.82 Å². The third-order valence-electron chi connectivity index (χ3n) is 4.01. The van der Waals surface area contributed by atoms with Gasteiger partial charge in [0.2, 0.25) is 5.75 Å². The Morgan fingerprint density at radius 2 is 2.07 bits per heavy atom. The second kappa shape index (κ2) is 7.27. The molecule has 1 aliphatic heterocycles. The molecule has 2 aromatic rings. The Morgan fingerprint density at radius 3 is 2.74 bits per heavy atom. The summed E-state index contributed by atoms with van der Waals surface area (Å²) in [7, 11) is 1.37. The first-order valence-corrected chi connectivity index (χ1v) is 7.79. The van der Waals surface area contributed by atoms with Crippen LogP contribution in [0.1, 0.15) is 5.56 Å². The van der Waals surface area contributed by atoms with E-state index in [-0.39, 0.29) is 41.1 Å².